The minimum absolute atomic E-state index is 0.327. The van der Waals surface area contributed by atoms with Crippen LogP contribution in [0.15, 0.2) is 24.3 Å². The summed E-state index contributed by atoms with van der Waals surface area (Å²) < 4.78 is 0. The third kappa shape index (κ3) is 2.83. The van der Waals surface area contributed by atoms with E-state index in [9.17, 15) is 4.79 Å². The molecular formula is C13H20O. The Kier molecular flexibility index (Phi) is 4.12. The Morgan fingerprint density at radius 3 is 2.93 bits per heavy atom. The zero-order valence-electron chi connectivity index (χ0n) is 9.25. The summed E-state index contributed by atoms with van der Waals surface area (Å²) in [6.07, 6.45) is 7.48. The molecule has 0 aliphatic heterocycles. The lowest BCUT2D eigenvalue weighted by Gasteiger charge is -2.13. The van der Waals surface area contributed by atoms with Gasteiger partial charge in [0.25, 0.3) is 0 Å². The monoisotopic (exact) mass is 192 g/mol. The number of hydrogen-bond donors (Lipinski definition) is 0. The lowest BCUT2D eigenvalue weighted by Crippen LogP contribution is -2.07. The Morgan fingerprint density at radius 1 is 1.71 bits per heavy atom. The molecule has 0 N–H and O–H groups in total. The van der Waals surface area contributed by atoms with Crippen molar-refractivity contribution in [2.75, 3.05) is 0 Å². The molecule has 1 aliphatic carbocycles. The van der Waals surface area contributed by atoms with Gasteiger partial charge in [0.15, 0.2) is 5.78 Å². The molecule has 0 fully saturated rings. The second-order valence-electron chi connectivity index (χ2n) is 4.42. The van der Waals surface area contributed by atoms with Gasteiger partial charge in [0.1, 0.15) is 0 Å². The van der Waals surface area contributed by atoms with Crippen molar-refractivity contribution in [1.82, 2.24) is 0 Å². The highest BCUT2D eigenvalue weighted by molar-refractivity contribution is 5.95. The Balaban J connectivity index is 2.40. The number of ketones is 1. The van der Waals surface area contributed by atoms with Crippen molar-refractivity contribution >= 4 is 5.78 Å². The number of rotatable bonds is 5. The van der Waals surface area contributed by atoms with Crippen LogP contribution in [-0.2, 0) is 4.79 Å². The second kappa shape index (κ2) is 5.14. The predicted octanol–water partition coefficient (Wildman–Crippen LogP) is 3.51. The van der Waals surface area contributed by atoms with Gasteiger partial charge in [0, 0.05) is 6.42 Å². The van der Waals surface area contributed by atoms with E-state index >= 15 is 0 Å². The molecule has 0 bridgehead atoms. The molecule has 0 radical (unpaired) electrons. The van der Waals surface area contributed by atoms with Crippen LogP contribution >= 0.6 is 0 Å². The maximum absolute atomic E-state index is 11.7. The first-order chi connectivity index (χ1) is 6.65. The molecule has 0 aromatic heterocycles. The highest BCUT2D eigenvalue weighted by Gasteiger charge is 2.23. The van der Waals surface area contributed by atoms with E-state index in [4.69, 9.17) is 0 Å². The number of carbonyl (C=O) groups is 1. The summed E-state index contributed by atoms with van der Waals surface area (Å²) in [5, 5.41) is 0. The van der Waals surface area contributed by atoms with Gasteiger partial charge < -0.3 is 0 Å². The first kappa shape index (κ1) is 11.2. The molecule has 1 nitrogen and oxygen atoms in total. The summed E-state index contributed by atoms with van der Waals surface area (Å²) in [6.45, 7) is 8.09. The smallest absolute Gasteiger partial charge is 0.158 e. The van der Waals surface area contributed by atoms with Gasteiger partial charge in [-0.15, -0.1) is 6.58 Å². The third-order valence-corrected chi connectivity index (χ3v) is 3.03. The summed E-state index contributed by atoms with van der Waals surface area (Å²) in [6, 6.07) is 0. The van der Waals surface area contributed by atoms with Crippen molar-refractivity contribution in [1.29, 1.82) is 0 Å². The van der Waals surface area contributed by atoms with E-state index in [1.165, 1.54) is 0 Å². The normalized spacial score (nSPS) is 21.1. The highest BCUT2D eigenvalue weighted by atomic mass is 16.1. The molecule has 1 heteroatoms. The van der Waals surface area contributed by atoms with E-state index in [0.29, 0.717) is 24.0 Å². The molecule has 0 saturated heterocycles. The van der Waals surface area contributed by atoms with Crippen LogP contribution in [-0.4, -0.2) is 5.78 Å². The number of Topliss-reactive ketones (excluding diaryl/α,β-unsaturated/α-hetero) is 1. The predicted molar refractivity (Wildman–Crippen MR) is 60.1 cm³/mol. The van der Waals surface area contributed by atoms with Gasteiger partial charge in [-0.1, -0.05) is 26.0 Å². The minimum Gasteiger partial charge on any atom is -0.295 e. The third-order valence-electron chi connectivity index (χ3n) is 3.03. The Hall–Kier alpha value is -0.850. The van der Waals surface area contributed by atoms with Crippen LogP contribution in [0.25, 0.3) is 0 Å². The summed E-state index contributed by atoms with van der Waals surface area (Å²) in [5.41, 5.74) is 1.06. The fourth-order valence-corrected chi connectivity index (χ4v) is 1.87. The molecule has 1 aliphatic rings. The molecule has 0 aromatic carbocycles. The fraction of sp³-hybridized carbons (Fsp3) is 0.615. The molecule has 1 atom stereocenters. The SMILES string of the molecule is C=CCCC(=O)C1=CC[C@@H](C(C)C)C1. The molecule has 14 heavy (non-hydrogen) atoms. The molecule has 0 aromatic rings. The zero-order chi connectivity index (χ0) is 10.6. The largest absolute Gasteiger partial charge is 0.295 e. The minimum atomic E-state index is 0.327. The Labute approximate surface area is 86.9 Å². The van der Waals surface area contributed by atoms with E-state index < -0.39 is 0 Å². The molecule has 0 spiro atoms. The average Bonchev–Trinajstić information content (AvgIpc) is 2.62. The topological polar surface area (TPSA) is 17.1 Å². The Morgan fingerprint density at radius 2 is 2.43 bits per heavy atom. The molecule has 0 amide bonds. The average molecular weight is 192 g/mol. The van der Waals surface area contributed by atoms with Gasteiger partial charge in [0.2, 0.25) is 0 Å². The maximum Gasteiger partial charge on any atom is 0.158 e. The van der Waals surface area contributed by atoms with Gasteiger partial charge >= 0.3 is 0 Å². The summed E-state index contributed by atoms with van der Waals surface area (Å²) in [4.78, 5) is 11.7. The first-order valence-electron chi connectivity index (χ1n) is 5.48. The second-order valence-corrected chi connectivity index (χ2v) is 4.42. The van der Waals surface area contributed by atoms with Gasteiger partial charge in [-0.25, -0.2) is 0 Å². The lowest BCUT2D eigenvalue weighted by atomic mass is 9.91. The maximum atomic E-state index is 11.7. The van der Waals surface area contributed by atoms with Gasteiger partial charge in [-0.05, 0) is 36.7 Å². The van der Waals surface area contributed by atoms with E-state index in [1.807, 2.05) is 6.08 Å². The fourth-order valence-electron chi connectivity index (χ4n) is 1.87. The standard InChI is InChI=1S/C13H20O/c1-4-5-6-13(14)12-8-7-11(9-12)10(2)3/h4,8,10-11H,1,5-7,9H2,2-3H3/t11-/m1/s1. The van der Waals surface area contributed by atoms with Crippen LogP contribution in [0, 0.1) is 11.8 Å². The van der Waals surface area contributed by atoms with Crippen molar-refractivity contribution in [2.24, 2.45) is 11.8 Å². The van der Waals surface area contributed by atoms with E-state index in [0.717, 1.165) is 24.8 Å². The van der Waals surface area contributed by atoms with Crippen LogP contribution in [0.3, 0.4) is 0 Å². The lowest BCUT2D eigenvalue weighted by molar-refractivity contribution is -0.115. The van der Waals surface area contributed by atoms with E-state index in [2.05, 4.69) is 26.5 Å². The summed E-state index contributed by atoms with van der Waals surface area (Å²) in [5.74, 6) is 1.71. The van der Waals surface area contributed by atoms with Gasteiger partial charge in [-0.2, -0.15) is 0 Å². The van der Waals surface area contributed by atoms with Crippen LogP contribution in [0.1, 0.15) is 39.5 Å². The van der Waals surface area contributed by atoms with E-state index in [1.54, 1.807) is 0 Å². The van der Waals surface area contributed by atoms with Crippen LogP contribution in [0.2, 0.25) is 0 Å². The first-order valence-corrected chi connectivity index (χ1v) is 5.48. The van der Waals surface area contributed by atoms with Crippen molar-refractivity contribution in [3.05, 3.63) is 24.3 Å². The number of carbonyl (C=O) groups excluding carboxylic acids is 1. The molecule has 1 rings (SSSR count). The quantitative estimate of drug-likeness (QED) is 0.609. The van der Waals surface area contributed by atoms with Crippen molar-refractivity contribution < 1.29 is 4.79 Å². The van der Waals surface area contributed by atoms with Crippen molar-refractivity contribution in [3.8, 4) is 0 Å². The summed E-state index contributed by atoms with van der Waals surface area (Å²) in [7, 11) is 0. The molecule has 0 unspecified atom stereocenters. The van der Waals surface area contributed by atoms with Crippen molar-refractivity contribution in [3.63, 3.8) is 0 Å². The zero-order valence-corrected chi connectivity index (χ0v) is 9.25. The molecule has 0 saturated carbocycles. The van der Waals surface area contributed by atoms with Crippen LogP contribution in [0.4, 0.5) is 0 Å². The number of allylic oxidation sites excluding steroid dienone is 3. The van der Waals surface area contributed by atoms with Crippen molar-refractivity contribution in [2.45, 2.75) is 39.5 Å². The highest BCUT2D eigenvalue weighted by Crippen LogP contribution is 2.31. The van der Waals surface area contributed by atoms with Gasteiger partial charge in [-0.3, -0.25) is 4.79 Å². The van der Waals surface area contributed by atoms with E-state index in [-0.39, 0.29) is 0 Å². The molecule has 0 heterocycles. The molecule has 78 valence electrons. The molecular weight excluding hydrogens is 172 g/mol. The Bertz CT molecular complexity index is 248. The summed E-state index contributed by atoms with van der Waals surface area (Å²) >= 11 is 0. The van der Waals surface area contributed by atoms with Crippen LogP contribution < -0.4 is 0 Å². The van der Waals surface area contributed by atoms with Gasteiger partial charge in [0.05, 0.1) is 0 Å². The van der Waals surface area contributed by atoms with Crippen LogP contribution in [0.5, 0.6) is 0 Å². The number of hydrogen-bond acceptors (Lipinski definition) is 1.